The van der Waals surface area contributed by atoms with Crippen molar-refractivity contribution in [3.63, 3.8) is 0 Å². The number of primary amides is 1. The zero-order valence-electron chi connectivity index (χ0n) is 7.60. The molecule has 6 heteroatoms. The molecule has 0 spiro atoms. The Labute approximate surface area is 88.0 Å². The smallest absolute Gasteiger partial charge is 0.234 e. The fourth-order valence-electron chi connectivity index (χ4n) is 1.98. The molecule has 14 heavy (non-hydrogen) atoms. The lowest BCUT2D eigenvalue weighted by molar-refractivity contribution is -0.124. The standard InChI is InChI=1S/C8H13N3O2.ClH/c9-5(7(10)12)1-4-3-2-6(3)11-8(4)13;/h3-6H,1-2,9H2,(H2,10,12)(H,11,13);1H/t3-,4-,5?,6-;/m1./s1. The lowest BCUT2D eigenvalue weighted by Gasteiger charge is -2.13. The number of piperidine rings is 1. The Kier molecular flexibility index (Phi) is 3.01. The average molecular weight is 220 g/mol. The zero-order chi connectivity index (χ0) is 9.59. The summed E-state index contributed by atoms with van der Waals surface area (Å²) in [5.74, 6) is -0.194. The first-order valence-corrected chi connectivity index (χ1v) is 4.45. The molecule has 2 fully saturated rings. The van der Waals surface area contributed by atoms with E-state index >= 15 is 0 Å². The Bertz CT molecular complexity index is 271. The Balaban J connectivity index is 0.000000980. The predicted molar refractivity (Wildman–Crippen MR) is 52.6 cm³/mol. The molecule has 0 aromatic carbocycles. The van der Waals surface area contributed by atoms with Gasteiger partial charge in [0.2, 0.25) is 11.8 Å². The molecule has 1 saturated heterocycles. The number of halogens is 1. The van der Waals surface area contributed by atoms with Gasteiger partial charge in [-0.05, 0) is 18.8 Å². The van der Waals surface area contributed by atoms with Crippen LogP contribution >= 0.6 is 12.4 Å². The van der Waals surface area contributed by atoms with E-state index < -0.39 is 11.9 Å². The quantitative estimate of drug-likeness (QED) is 0.553. The van der Waals surface area contributed by atoms with Crippen LogP contribution in [0.4, 0.5) is 0 Å². The molecule has 5 nitrogen and oxygen atoms in total. The maximum atomic E-state index is 11.3. The first-order valence-electron chi connectivity index (χ1n) is 4.45. The van der Waals surface area contributed by atoms with Crippen LogP contribution in [0.1, 0.15) is 12.8 Å². The van der Waals surface area contributed by atoms with Crippen LogP contribution in [-0.4, -0.2) is 23.9 Å². The van der Waals surface area contributed by atoms with Gasteiger partial charge in [-0.25, -0.2) is 0 Å². The highest BCUT2D eigenvalue weighted by atomic mass is 35.5. The molecule has 4 atom stereocenters. The van der Waals surface area contributed by atoms with Crippen LogP contribution in [0.3, 0.4) is 0 Å². The lowest BCUT2D eigenvalue weighted by atomic mass is 9.96. The van der Waals surface area contributed by atoms with Crippen molar-refractivity contribution in [2.75, 3.05) is 0 Å². The number of carbonyl (C=O) groups is 2. The normalized spacial score (nSPS) is 35.2. The molecule has 80 valence electrons. The summed E-state index contributed by atoms with van der Waals surface area (Å²) in [7, 11) is 0. The highest BCUT2D eigenvalue weighted by Crippen LogP contribution is 2.44. The van der Waals surface area contributed by atoms with Crippen LogP contribution in [-0.2, 0) is 9.59 Å². The topological polar surface area (TPSA) is 98.2 Å². The van der Waals surface area contributed by atoms with Gasteiger partial charge in [0.15, 0.2) is 0 Å². The molecular formula is C8H14ClN3O2. The number of fused-ring (bicyclic) bond motifs is 1. The summed E-state index contributed by atoms with van der Waals surface area (Å²) in [4.78, 5) is 21.9. The summed E-state index contributed by atoms with van der Waals surface area (Å²) < 4.78 is 0. The summed E-state index contributed by atoms with van der Waals surface area (Å²) in [5.41, 5.74) is 10.5. The van der Waals surface area contributed by atoms with Crippen molar-refractivity contribution >= 4 is 24.2 Å². The number of nitrogens with two attached hydrogens (primary N) is 2. The van der Waals surface area contributed by atoms with Crippen molar-refractivity contribution in [3.8, 4) is 0 Å². The summed E-state index contributed by atoms with van der Waals surface area (Å²) in [6.45, 7) is 0. The molecule has 0 radical (unpaired) electrons. The van der Waals surface area contributed by atoms with Gasteiger partial charge in [0, 0.05) is 12.0 Å². The van der Waals surface area contributed by atoms with Crippen LogP contribution in [0.15, 0.2) is 0 Å². The molecule has 0 aromatic rings. The minimum atomic E-state index is -0.685. The molecule has 1 aliphatic heterocycles. The molecular weight excluding hydrogens is 206 g/mol. The highest BCUT2D eigenvalue weighted by molar-refractivity contribution is 5.86. The second kappa shape index (κ2) is 3.74. The van der Waals surface area contributed by atoms with E-state index in [2.05, 4.69) is 5.32 Å². The lowest BCUT2D eigenvalue weighted by Crippen LogP contribution is -2.40. The minimum absolute atomic E-state index is 0. The summed E-state index contributed by atoms with van der Waals surface area (Å²) in [6.07, 6.45) is 1.42. The van der Waals surface area contributed by atoms with Gasteiger partial charge in [-0.3, -0.25) is 9.59 Å². The van der Waals surface area contributed by atoms with E-state index in [-0.39, 0.29) is 24.2 Å². The van der Waals surface area contributed by atoms with Gasteiger partial charge in [-0.1, -0.05) is 0 Å². The van der Waals surface area contributed by atoms with Gasteiger partial charge < -0.3 is 16.8 Å². The van der Waals surface area contributed by atoms with Gasteiger partial charge in [0.05, 0.1) is 6.04 Å². The second-order valence-corrected chi connectivity index (χ2v) is 3.87. The summed E-state index contributed by atoms with van der Waals surface area (Å²) in [5, 5.41) is 2.84. The van der Waals surface area contributed by atoms with Gasteiger partial charge >= 0.3 is 0 Å². The SMILES string of the molecule is Cl.NC(=O)C(N)C[C@H]1C(=O)N[C@@H]2C[C@@H]21. The molecule has 1 saturated carbocycles. The molecule has 1 unspecified atom stereocenters. The number of amides is 2. The summed E-state index contributed by atoms with van der Waals surface area (Å²) in [6, 6.07) is -0.340. The number of hydrogen-bond donors (Lipinski definition) is 3. The van der Waals surface area contributed by atoms with Crippen molar-refractivity contribution < 1.29 is 9.59 Å². The van der Waals surface area contributed by atoms with Crippen LogP contribution in [0.5, 0.6) is 0 Å². The third-order valence-electron chi connectivity index (χ3n) is 2.89. The largest absolute Gasteiger partial charge is 0.368 e. The monoisotopic (exact) mass is 219 g/mol. The maximum Gasteiger partial charge on any atom is 0.234 e. The van der Waals surface area contributed by atoms with Crippen molar-refractivity contribution in [2.24, 2.45) is 23.3 Å². The van der Waals surface area contributed by atoms with E-state index in [0.717, 1.165) is 6.42 Å². The molecule has 1 aliphatic carbocycles. The van der Waals surface area contributed by atoms with E-state index in [4.69, 9.17) is 11.5 Å². The van der Waals surface area contributed by atoms with Crippen LogP contribution in [0.2, 0.25) is 0 Å². The fourth-order valence-corrected chi connectivity index (χ4v) is 1.98. The van der Waals surface area contributed by atoms with Crippen LogP contribution in [0.25, 0.3) is 0 Å². The molecule has 5 N–H and O–H groups in total. The first kappa shape index (κ1) is 11.3. The maximum absolute atomic E-state index is 11.3. The van der Waals surface area contributed by atoms with Crippen molar-refractivity contribution in [3.05, 3.63) is 0 Å². The highest BCUT2D eigenvalue weighted by Gasteiger charge is 2.53. The zero-order valence-corrected chi connectivity index (χ0v) is 8.42. The van der Waals surface area contributed by atoms with Crippen LogP contribution < -0.4 is 16.8 Å². The molecule has 2 aliphatic rings. The Morgan fingerprint density at radius 2 is 2.29 bits per heavy atom. The number of hydrogen-bond acceptors (Lipinski definition) is 3. The summed E-state index contributed by atoms with van der Waals surface area (Å²) >= 11 is 0. The minimum Gasteiger partial charge on any atom is -0.368 e. The number of carbonyl (C=O) groups excluding carboxylic acids is 2. The first-order chi connectivity index (χ1) is 6.09. The van der Waals surface area contributed by atoms with Gasteiger partial charge in [0.25, 0.3) is 0 Å². The Morgan fingerprint density at radius 1 is 1.64 bits per heavy atom. The van der Waals surface area contributed by atoms with Crippen molar-refractivity contribution in [1.82, 2.24) is 5.32 Å². The Hall–Kier alpha value is -0.810. The van der Waals surface area contributed by atoms with E-state index in [1.807, 2.05) is 0 Å². The second-order valence-electron chi connectivity index (χ2n) is 3.87. The number of nitrogens with one attached hydrogen (secondary N) is 1. The van der Waals surface area contributed by atoms with Gasteiger partial charge in [-0.15, -0.1) is 12.4 Å². The Morgan fingerprint density at radius 3 is 2.71 bits per heavy atom. The molecule has 2 amide bonds. The van der Waals surface area contributed by atoms with Crippen molar-refractivity contribution in [2.45, 2.75) is 24.9 Å². The predicted octanol–water partition coefficient (Wildman–Crippen LogP) is -1.25. The third-order valence-corrected chi connectivity index (χ3v) is 2.89. The third kappa shape index (κ3) is 1.83. The van der Waals surface area contributed by atoms with Gasteiger partial charge in [0.1, 0.15) is 0 Å². The van der Waals surface area contributed by atoms with Gasteiger partial charge in [-0.2, -0.15) is 0 Å². The number of rotatable bonds is 3. The van der Waals surface area contributed by atoms with Crippen molar-refractivity contribution in [1.29, 1.82) is 0 Å². The van der Waals surface area contributed by atoms with E-state index in [1.165, 1.54) is 0 Å². The molecule has 0 bridgehead atoms. The van der Waals surface area contributed by atoms with E-state index in [1.54, 1.807) is 0 Å². The molecule has 1 heterocycles. The van der Waals surface area contributed by atoms with E-state index in [9.17, 15) is 9.59 Å². The molecule has 0 aromatic heterocycles. The fraction of sp³-hybridized carbons (Fsp3) is 0.750. The van der Waals surface area contributed by atoms with E-state index in [0.29, 0.717) is 18.4 Å². The average Bonchev–Trinajstić information content (AvgIpc) is 2.72. The van der Waals surface area contributed by atoms with Crippen LogP contribution in [0, 0.1) is 11.8 Å². The molecule has 2 rings (SSSR count).